The zero-order valence-electron chi connectivity index (χ0n) is 8.91. The predicted octanol–water partition coefficient (Wildman–Crippen LogP) is 2.72. The van der Waals surface area contributed by atoms with Crippen LogP contribution in [0.4, 0.5) is 0 Å². The molecule has 1 heterocycles. The van der Waals surface area contributed by atoms with Crippen molar-refractivity contribution in [2.24, 2.45) is 4.99 Å². The molecule has 0 saturated heterocycles. The molecular weight excluding hydrogens is 247 g/mol. The first-order valence-electron chi connectivity index (χ1n) is 4.49. The molecule has 6 heteroatoms. The summed E-state index contributed by atoms with van der Waals surface area (Å²) in [6, 6.07) is 1.59. The van der Waals surface area contributed by atoms with E-state index in [9.17, 15) is 0 Å². The highest BCUT2D eigenvalue weighted by Gasteiger charge is 2.07. The van der Waals surface area contributed by atoms with Crippen molar-refractivity contribution in [1.82, 2.24) is 9.88 Å². The summed E-state index contributed by atoms with van der Waals surface area (Å²) in [5, 5.41) is 9.34. The van der Waals surface area contributed by atoms with Crippen molar-refractivity contribution >= 4 is 29.0 Å². The topological polar surface area (TPSA) is 52.3 Å². The first-order chi connectivity index (χ1) is 7.54. The van der Waals surface area contributed by atoms with Gasteiger partial charge in [0.25, 0.3) is 0 Å². The molecule has 4 nitrogen and oxygen atoms in total. The number of hydrogen-bond donors (Lipinski definition) is 0. The van der Waals surface area contributed by atoms with E-state index in [4.69, 9.17) is 28.5 Å². The third-order valence-electron chi connectivity index (χ3n) is 2.07. The lowest BCUT2D eigenvalue weighted by Gasteiger charge is -2.18. The minimum Gasteiger partial charge on any atom is -0.358 e. The highest BCUT2D eigenvalue weighted by Crippen LogP contribution is 2.19. The van der Waals surface area contributed by atoms with Gasteiger partial charge in [0.15, 0.2) is 0 Å². The maximum absolute atomic E-state index is 8.42. The van der Waals surface area contributed by atoms with Crippen LogP contribution in [0.1, 0.15) is 12.5 Å². The third kappa shape index (κ3) is 3.37. The van der Waals surface area contributed by atoms with Gasteiger partial charge in [0.1, 0.15) is 11.0 Å². The second-order valence-electron chi connectivity index (χ2n) is 3.21. The minimum atomic E-state index is 0.360. The van der Waals surface area contributed by atoms with Crippen molar-refractivity contribution in [2.75, 3.05) is 7.05 Å². The van der Waals surface area contributed by atoms with Crippen molar-refractivity contribution in [2.45, 2.75) is 13.5 Å². The summed E-state index contributed by atoms with van der Waals surface area (Å²) in [4.78, 5) is 9.38. The Morgan fingerprint density at radius 2 is 2.31 bits per heavy atom. The van der Waals surface area contributed by atoms with Crippen LogP contribution in [-0.2, 0) is 6.54 Å². The summed E-state index contributed by atoms with van der Waals surface area (Å²) in [5.74, 6) is 0.619. The fourth-order valence-corrected chi connectivity index (χ4v) is 1.51. The van der Waals surface area contributed by atoms with E-state index >= 15 is 0 Å². The summed E-state index contributed by atoms with van der Waals surface area (Å²) >= 11 is 11.7. The van der Waals surface area contributed by atoms with Crippen LogP contribution >= 0.6 is 23.2 Å². The van der Waals surface area contributed by atoms with Crippen molar-refractivity contribution in [3.8, 4) is 6.19 Å². The highest BCUT2D eigenvalue weighted by molar-refractivity contribution is 6.34. The maximum Gasteiger partial charge on any atom is 0.207 e. The van der Waals surface area contributed by atoms with E-state index in [0.29, 0.717) is 22.6 Å². The predicted molar refractivity (Wildman–Crippen MR) is 64.4 cm³/mol. The van der Waals surface area contributed by atoms with Crippen LogP contribution in [0.5, 0.6) is 0 Å². The van der Waals surface area contributed by atoms with Gasteiger partial charge in [-0.15, -0.1) is 0 Å². The van der Waals surface area contributed by atoms with Crippen LogP contribution in [0.2, 0.25) is 10.2 Å². The van der Waals surface area contributed by atoms with Crippen LogP contribution in [0.3, 0.4) is 0 Å². The monoisotopic (exact) mass is 256 g/mol. The molecule has 0 N–H and O–H groups in total. The number of amidine groups is 1. The Balaban J connectivity index is 2.82. The molecule has 1 aromatic rings. The molecule has 0 aliphatic carbocycles. The molecule has 0 bridgehead atoms. The molecule has 0 atom stereocenters. The van der Waals surface area contributed by atoms with Gasteiger partial charge in [-0.3, -0.25) is 0 Å². The van der Waals surface area contributed by atoms with E-state index in [1.54, 1.807) is 30.3 Å². The van der Waals surface area contributed by atoms with E-state index in [-0.39, 0.29) is 0 Å². The third-order valence-corrected chi connectivity index (χ3v) is 2.63. The number of hydrogen-bond acceptors (Lipinski definition) is 3. The molecule has 0 aliphatic rings. The normalized spacial score (nSPS) is 11.1. The average Bonchev–Trinajstić information content (AvgIpc) is 2.22. The summed E-state index contributed by atoms with van der Waals surface area (Å²) in [6.45, 7) is 2.28. The van der Waals surface area contributed by atoms with Crippen molar-refractivity contribution in [1.29, 1.82) is 5.26 Å². The first-order valence-corrected chi connectivity index (χ1v) is 5.24. The largest absolute Gasteiger partial charge is 0.358 e. The maximum atomic E-state index is 8.42. The molecule has 0 fully saturated rings. The van der Waals surface area contributed by atoms with Crippen molar-refractivity contribution in [3.63, 3.8) is 0 Å². The smallest absolute Gasteiger partial charge is 0.207 e. The Labute approximate surface area is 104 Å². The molecule has 0 amide bonds. The van der Waals surface area contributed by atoms with Crippen LogP contribution in [0, 0.1) is 11.5 Å². The SMILES string of the molecule is CC(=NC#N)N(C)Cc1cnc(Cl)cc1Cl. The number of rotatable bonds is 2. The average molecular weight is 257 g/mol. The molecule has 0 saturated carbocycles. The zero-order chi connectivity index (χ0) is 12.1. The molecule has 0 aromatic carbocycles. The lowest BCUT2D eigenvalue weighted by Crippen LogP contribution is -2.23. The Morgan fingerprint density at radius 3 is 2.88 bits per heavy atom. The van der Waals surface area contributed by atoms with Crippen LogP contribution in [0.25, 0.3) is 0 Å². The van der Waals surface area contributed by atoms with Gasteiger partial charge in [-0.2, -0.15) is 10.3 Å². The Bertz CT molecular complexity index is 451. The van der Waals surface area contributed by atoms with Gasteiger partial charge in [0.2, 0.25) is 6.19 Å². The van der Waals surface area contributed by atoms with E-state index < -0.39 is 0 Å². The molecule has 1 rings (SSSR count). The Hall–Kier alpha value is -1.31. The van der Waals surface area contributed by atoms with Crippen LogP contribution < -0.4 is 0 Å². The molecular formula is C10H10Cl2N4. The van der Waals surface area contributed by atoms with Gasteiger partial charge in [-0.05, 0) is 13.0 Å². The molecule has 0 spiro atoms. The van der Waals surface area contributed by atoms with Crippen molar-refractivity contribution in [3.05, 3.63) is 28.0 Å². The lowest BCUT2D eigenvalue weighted by molar-refractivity contribution is 0.497. The highest BCUT2D eigenvalue weighted by atomic mass is 35.5. The van der Waals surface area contributed by atoms with Gasteiger partial charge < -0.3 is 4.90 Å². The summed E-state index contributed by atoms with van der Waals surface area (Å²) in [5.41, 5.74) is 0.834. The van der Waals surface area contributed by atoms with E-state index in [0.717, 1.165) is 5.56 Å². The van der Waals surface area contributed by atoms with Gasteiger partial charge in [-0.25, -0.2) is 4.98 Å². The second-order valence-corrected chi connectivity index (χ2v) is 4.01. The van der Waals surface area contributed by atoms with E-state index in [2.05, 4.69) is 9.98 Å². The summed E-state index contributed by atoms with van der Waals surface area (Å²) < 4.78 is 0. The molecule has 1 aromatic heterocycles. The standard InChI is InChI=1S/C10H10Cl2N4/c1-7(15-6-13)16(2)5-8-4-14-10(12)3-9(8)11/h3-4H,5H2,1-2H3. The van der Waals surface area contributed by atoms with Gasteiger partial charge >= 0.3 is 0 Å². The summed E-state index contributed by atoms with van der Waals surface area (Å²) in [7, 11) is 1.82. The van der Waals surface area contributed by atoms with Crippen molar-refractivity contribution < 1.29 is 0 Å². The number of pyridine rings is 1. The number of nitriles is 1. The minimum absolute atomic E-state index is 0.360. The quantitative estimate of drug-likeness (QED) is 0.354. The van der Waals surface area contributed by atoms with Gasteiger partial charge in [0.05, 0.1) is 5.02 Å². The fraction of sp³-hybridized carbons (Fsp3) is 0.300. The lowest BCUT2D eigenvalue weighted by atomic mass is 10.2. The summed E-state index contributed by atoms with van der Waals surface area (Å²) in [6.07, 6.45) is 3.35. The number of aliphatic imine (C=N–C) groups is 1. The fourth-order valence-electron chi connectivity index (χ4n) is 1.08. The Morgan fingerprint density at radius 1 is 1.62 bits per heavy atom. The zero-order valence-corrected chi connectivity index (χ0v) is 10.4. The first kappa shape index (κ1) is 12.8. The molecule has 84 valence electrons. The number of halogens is 2. The molecule has 0 aliphatic heterocycles. The molecule has 0 unspecified atom stereocenters. The van der Waals surface area contributed by atoms with Gasteiger partial charge in [-0.1, -0.05) is 23.2 Å². The molecule has 0 radical (unpaired) electrons. The van der Waals surface area contributed by atoms with Crippen LogP contribution in [-0.4, -0.2) is 22.8 Å². The second kappa shape index (κ2) is 5.69. The Kier molecular flexibility index (Phi) is 4.53. The van der Waals surface area contributed by atoms with Crippen LogP contribution in [0.15, 0.2) is 17.3 Å². The molecule has 16 heavy (non-hydrogen) atoms. The van der Waals surface area contributed by atoms with E-state index in [1.807, 2.05) is 7.05 Å². The number of aromatic nitrogens is 1. The number of nitrogens with zero attached hydrogens (tertiary/aromatic N) is 4. The van der Waals surface area contributed by atoms with Gasteiger partial charge in [0, 0.05) is 25.4 Å². The van der Waals surface area contributed by atoms with E-state index in [1.165, 1.54) is 0 Å².